The van der Waals surface area contributed by atoms with Gasteiger partial charge in [-0.1, -0.05) is 30.3 Å². The van der Waals surface area contributed by atoms with E-state index in [4.69, 9.17) is 0 Å². The van der Waals surface area contributed by atoms with Crippen molar-refractivity contribution in [3.8, 4) is 0 Å². The lowest BCUT2D eigenvalue weighted by atomic mass is 10.1. The molecular weight excluding hydrogens is 420 g/mol. The number of hydrazone groups is 1. The van der Waals surface area contributed by atoms with Crippen LogP contribution in [-0.4, -0.2) is 79.9 Å². The van der Waals surface area contributed by atoms with Crippen LogP contribution < -0.4 is 4.90 Å². The summed E-state index contributed by atoms with van der Waals surface area (Å²) in [5.74, 6) is 0.744. The third-order valence-electron chi connectivity index (χ3n) is 6.19. The summed E-state index contributed by atoms with van der Waals surface area (Å²) in [4.78, 5) is 38.0. The molecule has 2 amide bonds. The van der Waals surface area contributed by atoms with E-state index in [-0.39, 0.29) is 24.7 Å². The van der Waals surface area contributed by atoms with Crippen molar-refractivity contribution in [2.75, 3.05) is 37.6 Å². The first kappa shape index (κ1) is 21.0. The van der Waals surface area contributed by atoms with Crippen LogP contribution in [0.25, 0.3) is 11.0 Å². The van der Waals surface area contributed by atoms with E-state index in [9.17, 15) is 9.59 Å². The zero-order valence-electron chi connectivity index (χ0n) is 18.6. The van der Waals surface area contributed by atoms with Gasteiger partial charge in [-0.15, -0.1) is 0 Å². The molecule has 2 aliphatic rings. The van der Waals surface area contributed by atoms with Gasteiger partial charge in [-0.3, -0.25) is 14.3 Å². The number of aryl methyl sites for hydroxylation is 1. The van der Waals surface area contributed by atoms with Gasteiger partial charge in [0.1, 0.15) is 12.1 Å². The quantitative estimate of drug-likeness (QED) is 0.588. The predicted molar refractivity (Wildman–Crippen MR) is 124 cm³/mol. The van der Waals surface area contributed by atoms with Crippen LogP contribution in [0.2, 0.25) is 0 Å². The van der Waals surface area contributed by atoms with Crippen molar-refractivity contribution in [1.82, 2.24) is 29.7 Å². The van der Waals surface area contributed by atoms with Crippen molar-refractivity contribution >= 4 is 34.4 Å². The number of carbonyl (C=O) groups is 2. The van der Waals surface area contributed by atoms with Crippen LogP contribution in [0.3, 0.4) is 0 Å². The maximum atomic E-state index is 12.7. The van der Waals surface area contributed by atoms with E-state index in [0.29, 0.717) is 32.7 Å². The number of fused-ring (bicyclic) bond motifs is 1. The lowest BCUT2D eigenvalue weighted by molar-refractivity contribution is -0.137. The molecule has 4 heterocycles. The van der Waals surface area contributed by atoms with E-state index >= 15 is 0 Å². The first-order valence-corrected chi connectivity index (χ1v) is 11.2. The summed E-state index contributed by atoms with van der Waals surface area (Å²) < 4.78 is 1.73. The first-order chi connectivity index (χ1) is 16.1. The molecule has 2 aliphatic heterocycles. The van der Waals surface area contributed by atoms with Gasteiger partial charge in [0.2, 0.25) is 11.8 Å². The lowest BCUT2D eigenvalue weighted by Crippen LogP contribution is -2.49. The van der Waals surface area contributed by atoms with E-state index in [0.717, 1.165) is 34.5 Å². The Bertz CT molecular complexity index is 1200. The third kappa shape index (κ3) is 4.28. The number of benzene rings is 1. The summed E-state index contributed by atoms with van der Waals surface area (Å²) in [6.07, 6.45) is 4.43. The van der Waals surface area contributed by atoms with Crippen LogP contribution in [-0.2, 0) is 16.6 Å². The van der Waals surface area contributed by atoms with Crippen molar-refractivity contribution in [3.05, 3.63) is 48.4 Å². The van der Waals surface area contributed by atoms with Gasteiger partial charge in [0.25, 0.3) is 0 Å². The highest BCUT2D eigenvalue weighted by molar-refractivity contribution is 6.02. The monoisotopic (exact) mass is 446 g/mol. The minimum Gasteiger partial charge on any atom is -0.352 e. The van der Waals surface area contributed by atoms with Gasteiger partial charge in [-0.2, -0.15) is 10.2 Å². The minimum atomic E-state index is -0.104. The molecule has 1 aromatic carbocycles. The maximum Gasteiger partial charge on any atom is 0.243 e. The van der Waals surface area contributed by atoms with Gasteiger partial charge in [-0.05, 0) is 5.56 Å². The molecule has 0 radical (unpaired) electrons. The SMILES string of the molecule is Cn1ncc2c(N3CCN(C(=O)CCC(=O)N4CCC(c5ccccc5)=N4)CC3)ncnc21. The van der Waals surface area contributed by atoms with Crippen LogP contribution >= 0.6 is 0 Å². The number of amides is 2. The normalized spacial score (nSPS) is 16.4. The van der Waals surface area contributed by atoms with Gasteiger partial charge in [-0.25, -0.2) is 15.0 Å². The molecule has 2 aromatic heterocycles. The highest BCUT2D eigenvalue weighted by Gasteiger charge is 2.26. The summed E-state index contributed by atoms with van der Waals surface area (Å²) in [5.41, 5.74) is 2.74. The zero-order valence-corrected chi connectivity index (χ0v) is 18.6. The van der Waals surface area contributed by atoms with Crippen molar-refractivity contribution in [1.29, 1.82) is 0 Å². The molecular formula is C23H26N8O2. The fraction of sp³-hybridized carbons (Fsp3) is 0.391. The zero-order chi connectivity index (χ0) is 22.8. The van der Waals surface area contributed by atoms with Crippen molar-refractivity contribution in [3.63, 3.8) is 0 Å². The van der Waals surface area contributed by atoms with Crippen molar-refractivity contribution < 1.29 is 9.59 Å². The number of nitrogens with zero attached hydrogens (tertiary/aromatic N) is 8. The number of rotatable bonds is 5. The lowest BCUT2D eigenvalue weighted by Gasteiger charge is -2.35. The topological polar surface area (TPSA) is 99.8 Å². The summed E-state index contributed by atoms with van der Waals surface area (Å²) in [5, 5.41) is 11.1. The standard InChI is InChI=1S/C23H26N8O2/c1-28-22-18(15-26-28)23(25-16-24-22)30-13-11-29(12-14-30)20(32)7-8-21(33)31-10-9-19(27-31)17-5-3-2-4-6-17/h2-6,15-16H,7-14H2,1H3. The van der Waals surface area contributed by atoms with Gasteiger partial charge >= 0.3 is 0 Å². The molecule has 1 fully saturated rings. The largest absolute Gasteiger partial charge is 0.352 e. The van der Waals surface area contributed by atoms with Gasteiger partial charge in [0, 0.05) is 52.5 Å². The highest BCUT2D eigenvalue weighted by atomic mass is 16.2. The Labute approximate surface area is 191 Å². The second-order valence-corrected chi connectivity index (χ2v) is 8.25. The smallest absolute Gasteiger partial charge is 0.243 e. The molecule has 0 spiro atoms. The summed E-state index contributed by atoms with van der Waals surface area (Å²) in [7, 11) is 1.85. The molecule has 0 unspecified atom stereocenters. The second kappa shape index (κ2) is 8.97. The molecule has 10 heteroatoms. The number of aromatic nitrogens is 4. The van der Waals surface area contributed by atoms with Gasteiger partial charge in [0.05, 0.1) is 23.8 Å². The Morgan fingerprint density at radius 1 is 0.939 bits per heavy atom. The minimum absolute atomic E-state index is 0.00340. The molecule has 5 rings (SSSR count). The molecule has 0 aliphatic carbocycles. The van der Waals surface area contributed by atoms with Gasteiger partial charge in [0.15, 0.2) is 5.65 Å². The van der Waals surface area contributed by atoms with Crippen molar-refractivity contribution in [2.45, 2.75) is 19.3 Å². The Morgan fingerprint density at radius 3 is 2.48 bits per heavy atom. The molecule has 0 atom stereocenters. The van der Waals surface area contributed by atoms with E-state index in [1.165, 1.54) is 5.01 Å². The molecule has 0 saturated carbocycles. The first-order valence-electron chi connectivity index (χ1n) is 11.2. The van der Waals surface area contributed by atoms with Crippen LogP contribution in [0.5, 0.6) is 0 Å². The second-order valence-electron chi connectivity index (χ2n) is 8.25. The van der Waals surface area contributed by atoms with Crippen LogP contribution in [0.15, 0.2) is 48.0 Å². The average molecular weight is 447 g/mol. The maximum absolute atomic E-state index is 12.7. The Balaban J connectivity index is 1.13. The summed E-state index contributed by atoms with van der Waals surface area (Å²) >= 11 is 0. The molecule has 0 bridgehead atoms. The Morgan fingerprint density at radius 2 is 1.70 bits per heavy atom. The summed E-state index contributed by atoms with van der Waals surface area (Å²) in [6.45, 7) is 3.12. The molecule has 170 valence electrons. The molecule has 33 heavy (non-hydrogen) atoms. The molecule has 10 nitrogen and oxygen atoms in total. The van der Waals surface area contributed by atoms with E-state index in [1.807, 2.05) is 42.3 Å². The number of carbonyl (C=O) groups excluding carboxylic acids is 2. The number of hydrogen-bond acceptors (Lipinski definition) is 7. The van der Waals surface area contributed by atoms with E-state index < -0.39 is 0 Å². The van der Waals surface area contributed by atoms with Gasteiger partial charge < -0.3 is 9.80 Å². The van der Waals surface area contributed by atoms with Crippen LogP contribution in [0.4, 0.5) is 5.82 Å². The molecule has 3 aromatic rings. The fourth-order valence-corrected chi connectivity index (χ4v) is 4.34. The van der Waals surface area contributed by atoms with Crippen molar-refractivity contribution in [2.24, 2.45) is 12.1 Å². The predicted octanol–water partition coefficient (Wildman–Crippen LogP) is 1.43. The fourth-order valence-electron chi connectivity index (χ4n) is 4.34. The number of hydrogen-bond donors (Lipinski definition) is 0. The number of anilines is 1. The summed E-state index contributed by atoms with van der Waals surface area (Å²) in [6, 6.07) is 9.88. The average Bonchev–Trinajstić information content (AvgIpc) is 3.51. The molecule has 1 saturated heterocycles. The van der Waals surface area contributed by atoms with E-state index in [2.05, 4.69) is 25.1 Å². The van der Waals surface area contributed by atoms with E-state index in [1.54, 1.807) is 17.2 Å². The third-order valence-corrected chi connectivity index (χ3v) is 6.19. The highest BCUT2D eigenvalue weighted by Crippen LogP contribution is 2.23. The number of piperazine rings is 1. The molecule has 0 N–H and O–H groups in total. The van der Waals surface area contributed by atoms with Crippen LogP contribution in [0, 0.1) is 0 Å². The van der Waals surface area contributed by atoms with Crippen LogP contribution in [0.1, 0.15) is 24.8 Å². The Kier molecular flexibility index (Phi) is 5.72. The Hall–Kier alpha value is -3.82.